The second-order valence-corrected chi connectivity index (χ2v) is 7.38. The van der Waals surface area contributed by atoms with Crippen molar-refractivity contribution in [3.05, 3.63) is 92.1 Å². The molecule has 2 rings (SSSR count). The highest BCUT2D eigenvalue weighted by atomic mass is 35.5. The molecule has 2 N–H and O–H groups in total. The van der Waals surface area contributed by atoms with E-state index in [9.17, 15) is 39.4 Å². The number of nitro groups is 2. The lowest BCUT2D eigenvalue weighted by Crippen LogP contribution is -2.10. The van der Waals surface area contributed by atoms with Crippen LogP contribution in [0.3, 0.4) is 0 Å². The second-order valence-electron chi connectivity index (χ2n) is 6.63. The summed E-state index contributed by atoms with van der Waals surface area (Å²) in [6.07, 6.45) is 3.10. The number of carbonyl (C=O) groups excluding carboxylic acids is 4. The number of hydrogen-bond acceptors (Lipinski definition) is 8. The highest BCUT2D eigenvalue weighted by molar-refractivity contribution is 6.66. The Morgan fingerprint density at radius 3 is 1.40 bits per heavy atom. The summed E-state index contributed by atoms with van der Waals surface area (Å²) in [6.45, 7) is 0. The van der Waals surface area contributed by atoms with Crippen LogP contribution in [0.25, 0.3) is 0 Å². The minimum atomic E-state index is -0.879. The molecule has 180 valence electrons. The van der Waals surface area contributed by atoms with Crippen LogP contribution in [-0.2, 0) is 25.6 Å². The number of nitrogens with one attached hydrogen (secondary N) is 2. The molecule has 14 heteroatoms. The fourth-order valence-electron chi connectivity index (χ4n) is 2.78. The molecule has 0 aliphatic carbocycles. The van der Waals surface area contributed by atoms with Gasteiger partial charge in [-0.2, -0.15) is 0 Å². The topological polar surface area (TPSA) is 179 Å². The maximum Gasteiger partial charge on any atom is 0.275 e. The molecule has 12 nitrogen and oxygen atoms in total. The van der Waals surface area contributed by atoms with E-state index in [1.807, 2.05) is 0 Å². The van der Waals surface area contributed by atoms with Gasteiger partial charge in [0.2, 0.25) is 22.3 Å². The first-order valence-corrected chi connectivity index (χ1v) is 10.1. The minimum Gasteiger partial charge on any atom is -0.322 e. The van der Waals surface area contributed by atoms with Gasteiger partial charge in [0.1, 0.15) is 0 Å². The van der Waals surface area contributed by atoms with E-state index in [-0.39, 0.29) is 28.9 Å². The predicted molar refractivity (Wildman–Crippen MR) is 126 cm³/mol. The minimum absolute atomic E-state index is 0.0492. The van der Waals surface area contributed by atoms with Crippen molar-refractivity contribution in [2.24, 2.45) is 0 Å². The highest BCUT2D eigenvalue weighted by Crippen LogP contribution is 2.30. The number of carbonyl (C=O) groups is 4. The first-order valence-electron chi connectivity index (χ1n) is 9.38. The number of anilines is 2. The Morgan fingerprint density at radius 1 is 0.714 bits per heavy atom. The molecular formula is C21H14Cl2N4O8. The van der Waals surface area contributed by atoms with Gasteiger partial charge in [-0.1, -0.05) is 0 Å². The van der Waals surface area contributed by atoms with Crippen LogP contribution >= 0.6 is 23.2 Å². The lowest BCUT2D eigenvalue weighted by atomic mass is 10.0. The van der Waals surface area contributed by atoms with E-state index < -0.39 is 43.5 Å². The van der Waals surface area contributed by atoms with Gasteiger partial charge in [0.25, 0.3) is 11.4 Å². The van der Waals surface area contributed by atoms with Crippen molar-refractivity contribution in [2.75, 3.05) is 10.6 Å². The van der Waals surface area contributed by atoms with E-state index in [1.165, 1.54) is 24.3 Å². The van der Waals surface area contributed by atoms with Gasteiger partial charge in [-0.05, 0) is 47.5 Å². The number of allylic oxidation sites excluding steroid dienone is 2. The molecule has 0 fully saturated rings. The summed E-state index contributed by atoms with van der Waals surface area (Å²) in [6, 6.07) is 7.46. The van der Waals surface area contributed by atoms with Gasteiger partial charge >= 0.3 is 0 Å². The summed E-state index contributed by atoms with van der Waals surface area (Å²) in [7, 11) is 0. The normalized spacial score (nSPS) is 10.8. The SMILES string of the molecule is O=C(Cl)/C=C\C(=O)Nc1ccc(Cc2ccc(NC(=O)/C=C\C(=O)Cl)cc2[N+](=O)[O-])c([N+](=O)[O-])c1. The summed E-state index contributed by atoms with van der Waals surface area (Å²) in [5, 5.41) is 26.0. The Balaban J connectivity index is 2.32. The smallest absolute Gasteiger partial charge is 0.275 e. The van der Waals surface area contributed by atoms with Crippen molar-refractivity contribution in [3.63, 3.8) is 0 Å². The van der Waals surface area contributed by atoms with Gasteiger partial charge in [0, 0.05) is 65.4 Å². The van der Waals surface area contributed by atoms with Crippen molar-refractivity contribution < 1.29 is 29.0 Å². The van der Waals surface area contributed by atoms with E-state index in [1.54, 1.807) is 0 Å². The van der Waals surface area contributed by atoms with Crippen molar-refractivity contribution in [2.45, 2.75) is 6.42 Å². The van der Waals surface area contributed by atoms with Gasteiger partial charge in [0.15, 0.2) is 0 Å². The molecule has 0 aliphatic rings. The zero-order valence-corrected chi connectivity index (χ0v) is 18.9. The Morgan fingerprint density at radius 2 is 1.09 bits per heavy atom. The molecule has 0 saturated carbocycles. The molecule has 0 saturated heterocycles. The quantitative estimate of drug-likeness (QED) is 0.206. The monoisotopic (exact) mass is 520 g/mol. The van der Waals surface area contributed by atoms with E-state index in [0.29, 0.717) is 0 Å². The largest absolute Gasteiger partial charge is 0.322 e. The Bertz CT molecular complexity index is 1190. The molecule has 35 heavy (non-hydrogen) atoms. The van der Waals surface area contributed by atoms with Gasteiger partial charge in [-0.15, -0.1) is 0 Å². The van der Waals surface area contributed by atoms with Crippen LogP contribution in [0.15, 0.2) is 60.7 Å². The number of amides is 2. The average Bonchev–Trinajstić information content (AvgIpc) is 2.78. The molecule has 2 amide bonds. The summed E-state index contributed by atoms with van der Waals surface area (Å²) < 4.78 is 0. The summed E-state index contributed by atoms with van der Waals surface area (Å²) in [5.41, 5.74) is -0.502. The lowest BCUT2D eigenvalue weighted by Gasteiger charge is -2.09. The van der Waals surface area contributed by atoms with Crippen LogP contribution in [-0.4, -0.2) is 32.1 Å². The first-order chi connectivity index (χ1) is 16.5. The lowest BCUT2D eigenvalue weighted by molar-refractivity contribution is -0.386. The van der Waals surface area contributed by atoms with Crippen molar-refractivity contribution >= 4 is 68.3 Å². The van der Waals surface area contributed by atoms with Gasteiger partial charge in [-0.3, -0.25) is 39.4 Å². The Kier molecular flexibility index (Phi) is 9.32. The van der Waals surface area contributed by atoms with Crippen LogP contribution in [0.2, 0.25) is 0 Å². The van der Waals surface area contributed by atoms with Crippen LogP contribution in [0, 0.1) is 20.2 Å². The fourth-order valence-corrected chi connectivity index (χ4v) is 2.90. The van der Waals surface area contributed by atoms with Gasteiger partial charge in [0.05, 0.1) is 9.85 Å². The second kappa shape index (κ2) is 12.2. The summed E-state index contributed by atoms with van der Waals surface area (Å²) in [4.78, 5) is 66.6. The molecule has 0 unspecified atom stereocenters. The Hall–Kier alpha value is -4.42. The summed E-state index contributed by atoms with van der Waals surface area (Å²) >= 11 is 10.2. The van der Waals surface area contributed by atoms with Crippen molar-refractivity contribution in [3.8, 4) is 0 Å². The molecule has 0 spiro atoms. The van der Waals surface area contributed by atoms with Crippen molar-refractivity contribution in [1.82, 2.24) is 0 Å². The first kappa shape index (κ1) is 26.8. The third kappa shape index (κ3) is 8.46. The number of nitrogens with zero attached hydrogens (tertiary/aromatic N) is 2. The number of nitro benzene ring substituents is 2. The maximum absolute atomic E-state index is 11.8. The van der Waals surface area contributed by atoms with Gasteiger partial charge in [-0.25, -0.2) is 0 Å². The fraction of sp³-hybridized carbons (Fsp3) is 0.0476. The van der Waals surface area contributed by atoms with E-state index in [0.717, 1.165) is 36.4 Å². The molecule has 2 aromatic carbocycles. The van der Waals surface area contributed by atoms with E-state index in [2.05, 4.69) is 10.6 Å². The van der Waals surface area contributed by atoms with Gasteiger partial charge < -0.3 is 10.6 Å². The third-order valence-corrected chi connectivity index (χ3v) is 4.46. The number of halogens is 2. The van der Waals surface area contributed by atoms with Crippen molar-refractivity contribution in [1.29, 1.82) is 0 Å². The van der Waals surface area contributed by atoms with Crippen LogP contribution < -0.4 is 10.6 Å². The highest BCUT2D eigenvalue weighted by Gasteiger charge is 2.21. The molecule has 0 heterocycles. The zero-order valence-electron chi connectivity index (χ0n) is 17.4. The van der Waals surface area contributed by atoms with Crippen LogP contribution in [0.4, 0.5) is 22.7 Å². The predicted octanol–water partition coefficient (Wildman–Crippen LogP) is 3.61. The average molecular weight is 521 g/mol. The third-order valence-electron chi connectivity index (χ3n) is 4.21. The standard InChI is InChI=1S/C21H14Cl2N4O8/c22-18(28)5-7-20(30)24-14-3-1-12(16(10-14)26(32)33)9-13-2-4-15(11-17(13)27(34)35)25-21(31)8-6-19(23)29/h1-8,10-11H,9H2,(H,24,30)(H,25,31)/b7-5-,8-6-. The molecule has 0 bridgehead atoms. The molecule has 0 aromatic heterocycles. The molecule has 2 aromatic rings. The van der Waals surface area contributed by atoms with Crippen LogP contribution in [0.1, 0.15) is 11.1 Å². The molecule has 0 aliphatic heterocycles. The molecular weight excluding hydrogens is 507 g/mol. The number of hydrogen-bond donors (Lipinski definition) is 2. The summed E-state index contributed by atoms with van der Waals surface area (Å²) in [5.74, 6) is -1.50. The number of benzene rings is 2. The Labute approximate surface area is 206 Å². The van der Waals surface area contributed by atoms with E-state index >= 15 is 0 Å². The molecule has 0 atom stereocenters. The maximum atomic E-state index is 11.8. The van der Waals surface area contributed by atoms with E-state index in [4.69, 9.17) is 23.2 Å². The number of rotatable bonds is 10. The zero-order chi connectivity index (χ0) is 26.1. The molecule has 0 radical (unpaired) electrons. The van der Waals surface area contributed by atoms with Crippen LogP contribution in [0.5, 0.6) is 0 Å².